The molecule has 0 atom stereocenters. The molecule has 0 aromatic carbocycles. The van der Waals surface area contributed by atoms with Crippen LogP contribution < -0.4 is 5.73 Å². The van der Waals surface area contributed by atoms with Crippen LogP contribution in [0.15, 0.2) is 0 Å². The van der Waals surface area contributed by atoms with E-state index in [0.29, 0.717) is 6.04 Å². The van der Waals surface area contributed by atoms with Crippen LogP contribution in [0.4, 0.5) is 0 Å². The Hall–Kier alpha value is 0.650. The fourth-order valence-electron chi connectivity index (χ4n) is 0.455. The van der Waals surface area contributed by atoms with Crippen molar-refractivity contribution in [3.05, 3.63) is 0 Å². The van der Waals surface area contributed by atoms with Gasteiger partial charge in [0, 0.05) is 42.0 Å². The van der Waals surface area contributed by atoms with Gasteiger partial charge in [0.05, 0.1) is 0 Å². The molecule has 0 aliphatic carbocycles. The van der Waals surface area contributed by atoms with Gasteiger partial charge in [-0.25, -0.2) is 3.11 Å². The maximum absolute atomic E-state index is 5.42. The van der Waals surface area contributed by atoms with Crippen molar-refractivity contribution < 1.29 is 0 Å². The van der Waals surface area contributed by atoms with Crippen LogP contribution in [0.1, 0.15) is 0 Å². The summed E-state index contributed by atoms with van der Waals surface area (Å²) in [7, 11) is 0. The van der Waals surface area contributed by atoms with E-state index >= 15 is 0 Å². The van der Waals surface area contributed by atoms with Gasteiger partial charge in [-0.3, -0.25) is 0 Å². The molecule has 0 spiro atoms. The first-order chi connectivity index (χ1) is 2.79. The van der Waals surface area contributed by atoms with Crippen molar-refractivity contribution in [2.75, 3.05) is 13.1 Å². The number of hydrogen-bond donors (Lipinski definition) is 1. The third-order valence-corrected chi connectivity index (χ3v) is 1.65. The highest BCUT2D eigenvalue weighted by molar-refractivity contribution is 14.1. The molecule has 0 radical (unpaired) electrons. The zero-order chi connectivity index (χ0) is 4.57. The van der Waals surface area contributed by atoms with E-state index in [0.717, 1.165) is 13.1 Å². The predicted molar refractivity (Wildman–Crippen MR) is 33.6 cm³/mol. The summed E-state index contributed by atoms with van der Waals surface area (Å²) in [5.74, 6) is 0. The molecular formula is C3H7IN2. The Balaban J connectivity index is 2.11. The van der Waals surface area contributed by atoms with Crippen LogP contribution in [0, 0.1) is 0 Å². The SMILES string of the molecule is NC1CN(I)C1. The number of rotatable bonds is 0. The molecule has 0 amide bonds. The quantitative estimate of drug-likeness (QED) is 0.437. The van der Waals surface area contributed by atoms with Gasteiger partial charge in [-0.2, -0.15) is 0 Å². The van der Waals surface area contributed by atoms with Crippen LogP contribution in [-0.2, 0) is 0 Å². The van der Waals surface area contributed by atoms with Gasteiger partial charge < -0.3 is 5.73 Å². The minimum Gasteiger partial charge on any atom is -0.325 e. The highest BCUT2D eigenvalue weighted by Gasteiger charge is 2.19. The Morgan fingerprint density at radius 3 is 2.17 bits per heavy atom. The molecular weight excluding hydrogens is 191 g/mol. The van der Waals surface area contributed by atoms with Crippen molar-refractivity contribution in [3.63, 3.8) is 0 Å². The molecule has 1 saturated heterocycles. The maximum Gasteiger partial charge on any atom is 0.0313 e. The molecule has 0 saturated carbocycles. The van der Waals surface area contributed by atoms with Gasteiger partial charge in [0.25, 0.3) is 0 Å². The lowest BCUT2D eigenvalue weighted by Gasteiger charge is -2.30. The molecule has 1 fully saturated rings. The Morgan fingerprint density at radius 2 is 2.17 bits per heavy atom. The average molecular weight is 198 g/mol. The molecule has 1 aliphatic rings. The van der Waals surface area contributed by atoms with E-state index in [-0.39, 0.29) is 0 Å². The normalized spacial score (nSPS) is 27.0. The zero-order valence-electron chi connectivity index (χ0n) is 3.39. The number of nitrogens with two attached hydrogens (primary N) is 1. The van der Waals surface area contributed by atoms with Crippen LogP contribution in [0.5, 0.6) is 0 Å². The van der Waals surface area contributed by atoms with E-state index < -0.39 is 0 Å². The highest BCUT2D eigenvalue weighted by Crippen LogP contribution is 2.09. The van der Waals surface area contributed by atoms with Crippen molar-refractivity contribution in [2.45, 2.75) is 6.04 Å². The maximum atomic E-state index is 5.42. The molecule has 2 nitrogen and oxygen atoms in total. The Morgan fingerprint density at radius 1 is 1.67 bits per heavy atom. The van der Waals surface area contributed by atoms with E-state index in [1.165, 1.54) is 0 Å². The summed E-state index contributed by atoms with van der Waals surface area (Å²) in [4.78, 5) is 0. The smallest absolute Gasteiger partial charge is 0.0313 e. The minimum absolute atomic E-state index is 0.460. The van der Waals surface area contributed by atoms with E-state index in [1.807, 2.05) is 0 Å². The van der Waals surface area contributed by atoms with Gasteiger partial charge >= 0.3 is 0 Å². The molecule has 1 aliphatic heterocycles. The summed E-state index contributed by atoms with van der Waals surface area (Å²) in [5.41, 5.74) is 5.42. The fourth-order valence-corrected chi connectivity index (χ4v) is 1.47. The first-order valence-electron chi connectivity index (χ1n) is 1.95. The van der Waals surface area contributed by atoms with Crippen LogP contribution in [0.3, 0.4) is 0 Å². The highest BCUT2D eigenvalue weighted by atomic mass is 127. The van der Waals surface area contributed by atoms with Gasteiger partial charge in [0.15, 0.2) is 0 Å². The zero-order valence-corrected chi connectivity index (χ0v) is 5.55. The molecule has 0 aromatic heterocycles. The average Bonchev–Trinajstić information content (AvgIpc) is 1.33. The molecule has 3 heteroatoms. The monoisotopic (exact) mass is 198 g/mol. The molecule has 0 unspecified atom stereocenters. The first-order valence-corrected chi connectivity index (χ1v) is 2.92. The Bertz CT molecular complexity index is 44.8. The summed E-state index contributed by atoms with van der Waals surface area (Å²) < 4.78 is 2.17. The molecule has 1 heterocycles. The van der Waals surface area contributed by atoms with Crippen LogP contribution in [-0.4, -0.2) is 22.2 Å². The second kappa shape index (κ2) is 1.63. The fraction of sp³-hybridized carbons (Fsp3) is 1.00. The second-order valence-electron chi connectivity index (χ2n) is 1.59. The van der Waals surface area contributed by atoms with Crippen molar-refractivity contribution in [3.8, 4) is 0 Å². The Labute approximate surface area is 51.2 Å². The largest absolute Gasteiger partial charge is 0.325 e. The second-order valence-corrected chi connectivity index (χ2v) is 2.95. The molecule has 36 valence electrons. The summed E-state index contributed by atoms with van der Waals surface area (Å²) in [6, 6.07) is 0.460. The lowest BCUT2D eigenvalue weighted by molar-refractivity contribution is 0.319. The number of halogens is 1. The van der Waals surface area contributed by atoms with E-state index in [2.05, 4.69) is 26.0 Å². The lowest BCUT2D eigenvalue weighted by Crippen LogP contribution is -2.50. The Kier molecular flexibility index (Phi) is 1.31. The van der Waals surface area contributed by atoms with E-state index in [1.54, 1.807) is 0 Å². The summed E-state index contributed by atoms with van der Waals surface area (Å²) in [5, 5.41) is 0. The number of hydrogen-bond acceptors (Lipinski definition) is 2. The molecule has 6 heavy (non-hydrogen) atoms. The minimum atomic E-state index is 0.460. The van der Waals surface area contributed by atoms with Gasteiger partial charge in [-0.1, -0.05) is 0 Å². The summed E-state index contributed by atoms with van der Waals surface area (Å²) >= 11 is 2.26. The van der Waals surface area contributed by atoms with Gasteiger partial charge in [0.1, 0.15) is 0 Å². The molecule has 0 bridgehead atoms. The first kappa shape index (κ1) is 4.80. The van der Waals surface area contributed by atoms with Crippen LogP contribution >= 0.6 is 22.9 Å². The molecule has 2 N–H and O–H groups in total. The topological polar surface area (TPSA) is 29.3 Å². The van der Waals surface area contributed by atoms with E-state index in [4.69, 9.17) is 5.73 Å². The number of nitrogens with zero attached hydrogens (tertiary/aromatic N) is 1. The summed E-state index contributed by atoms with van der Waals surface area (Å²) in [6.07, 6.45) is 0. The van der Waals surface area contributed by atoms with Crippen molar-refractivity contribution in [2.24, 2.45) is 5.73 Å². The van der Waals surface area contributed by atoms with Gasteiger partial charge in [-0.05, 0) is 0 Å². The molecule has 0 aromatic rings. The van der Waals surface area contributed by atoms with Crippen molar-refractivity contribution >= 4 is 22.9 Å². The standard InChI is InChI=1S/C3H7IN2/c4-6-1-3(5)2-6/h3H,1-2,5H2. The third kappa shape index (κ3) is 0.828. The van der Waals surface area contributed by atoms with Crippen molar-refractivity contribution in [1.82, 2.24) is 3.11 Å². The predicted octanol–water partition coefficient (Wildman–Crippen LogP) is -0.0207. The van der Waals surface area contributed by atoms with Crippen LogP contribution in [0.2, 0.25) is 0 Å². The summed E-state index contributed by atoms with van der Waals surface area (Å²) in [6.45, 7) is 2.14. The van der Waals surface area contributed by atoms with Crippen molar-refractivity contribution in [1.29, 1.82) is 0 Å². The van der Waals surface area contributed by atoms with E-state index in [9.17, 15) is 0 Å². The van der Waals surface area contributed by atoms with Crippen LogP contribution in [0.25, 0.3) is 0 Å². The lowest BCUT2D eigenvalue weighted by atomic mass is 10.2. The van der Waals surface area contributed by atoms with Gasteiger partial charge in [-0.15, -0.1) is 0 Å². The molecule has 1 rings (SSSR count). The van der Waals surface area contributed by atoms with Gasteiger partial charge in [0.2, 0.25) is 0 Å². The third-order valence-electron chi connectivity index (χ3n) is 0.865.